The van der Waals surface area contributed by atoms with E-state index in [-0.39, 0.29) is 16.4 Å². The largest absolute Gasteiger partial charge is 0.366 e. The van der Waals surface area contributed by atoms with Gasteiger partial charge in [0.25, 0.3) is 10.0 Å². The Morgan fingerprint density at radius 1 is 1.04 bits per heavy atom. The van der Waals surface area contributed by atoms with E-state index in [1.807, 2.05) is 0 Å². The van der Waals surface area contributed by atoms with Crippen molar-refractivity contribution in [2.24, 2.45) is 5.73 Å². The molecule has 2 aromatic carbocycles. The second-order valence-electron chi connectivity index (χ2n) is 5.37. The van der Waals surface area contributed by atoms with Crippen LogP contribution in [-0.2, 0) is 14.8 Å². The van der Waals surface area contributed by atoms with Crippen LogP contribution >= 0.6 is 0 Å². The highest BCUT2D eigenvalue weighted by atomic mass is 32.2. The van der Waals surface area contributed by atoms with E-state index in [9.17, 15) is 18.0 Å². The molecule has 25 heavy (non-hydrogen) atoms. The van der Waals surface area contributed by atoms with E-state index in [1.165, 1.54) is 24.3 Å². The van der Waals surface area contributed by atoms with Gasteiger partial charge in [-0.1, -0.05) is 13.0 Å². The minimum absolute atomic E-state index is 0.0000955. The SMILES string of the molecule is CCC(=O)Nc1cccc(NS(=O)(=O)c2ccc(C(N)=O)cc2)c1C. The standard InChI is InChI=1S/C17H19N3O4S/c1-3-16(21)19-14-5-4-6-15(11(14)2)20-25(23,24)13-9-7-12(8-10-13)17(18)22/h4-10,20H,3H2,1-2H3,(H2,18,22)(H,19,21). The van der Waals surface area contributed by atoms with Crippen LogP contribution in [0.25, 0.3) is 0 Å². The van der Waals surface area contributed by atoms with Crippen LogP contribution < -0.4 is 15.8 Å². The fourth-order valence-corrected chi connectivity index (χ4v) is 3.25. The summed E-state index contributed by atoms with van der Waals surface area (Å²) < 4.78 is 27.5. The second-order valence-corrected chi connectivity index (χ2v) is 7.06. The molecular formula is C17H19N3O4S. The zero-order valence-corrected chi connectivity index (χ0v) is 14.7. The molecule has 0 fully saturated rings. The summed E-state index contributed by atoms with van der Waals surface area (Å²) in [5.74, 6) is -0.794. The lowest BCUT2D eigenvalue weighted by Gasteiger charge is -2.14. The van der Waals surface area contributed by atoms with Gasteiger partial charge in [0.05, 0.1) is 10.6 Å². The number of primary amides is 1. The fraction of sp³-hybridized carbons (Fsp3) is 0.176. The zero-order chi connectivity index (χ0) is 18.6. The number of benzene rings is 2. The third-order valence-corrected chi connectivity index (χ3v) is 5.00. The summed E-state index contributed by atoms with van der Waals surface area (Å²) in [6.45, 7) is 3.44. The second kappa shape index (κ2) is 7.35. The van der Waals surface area contributed by atoms with Crippen molar-refractivity contribution in [2.75, 3.05) is 10.0 Å². The third-order valence-electron chi connectivity index (χ3n) is 3.62. The van der Waals surface area contributed by atoms with E-state index in [0.717, 1.165) is 0 Å². The van der Waals surface area contributed by atoms with Gasteiger partial charge in [-0.05, 0) is 48.9 Å². The van der Waals surface area contributed by atoms with Gasteiger partial charge in [0.2, 0.25) is 11.8 Å². The highest BCUT2D eigenvalue weighted by molar-refractivity contribution is 7.92. The van der Waals surface area contributed by atoms with Crippen LogP contribution in [0.2, 0.25) is 0 Å². The molecule has 7 nitrogen and oxygen atoms in total. The smallest absolute Gasteiger partial charge is 0.261 e. The highest BCUT2D eigenvalue weighted by Gasteiger charge is 2.17. The molecule has 0 aliphatic rings. The first-order chi connectivity index (χ1) is 11.7. The van der Waals surface area contributed by atoms with Gasteiger partial charge < -0.3 is 11.1 Å². The van der Waals surface area contributed by atoms with Crippen LogP contribution in [0.15, 0.2) is 47.4 Å². The maximum Gasteiger partial charge on any atom is 0.261 e. The summed E-state index contributed by atoms with van der Waals surface area (Å²) in [6.07, 6.45) is 0.321. The van der Waals surface area contributed by atoms with Crippen molar-refractivity contribution in [3.63, 3.8) is 0 Å². The minimum Gasteiger partial charge on any atom is -0.366 e. The van der Waals surface area contributed by atoms with Crippen LogP contribution in [0.4, 0.5) is 11.4 Å². The molecule has 0 saturated carbocycles. The van der Waals surface area contributed by atoms with Crippen molar-refractivity contribution in [1.29, 1.82) is 0 Å². The van der Waals surface area contributed by atoms with Gasteiger partial charge in [0.1, 0.15) is 0 Å². The van der Waals surface area contributed by atoms with Gasteiger partial charge in [0.15, 0.2) is 0 Å². The quantitative estimate of drug-likeness (QED) is 0.731. The molecule has 0 heterocycles. The Morgan fingerprint density at radius 3 is 2.20 bits per heavy atom. The van der Waals surface area contributed by atoms with Gasteiger partial charge in [-0.3, -0.25) is 14.3 Å². The zero-order valence-electron chi connectivity index (χ0n) is 13.9. The summed E-state index contributed by atoms with van der Waals surface area (Å²) in [5, 5.41) is 2.72. The van der Waals surface area contributed by atoms with Crippen molar-refractivity contribution < 1.29 is 18.0 Å². The first kappa shape index (κ1) is 18.5. The average Bonchev–Trinajstić information content (AvgIpc) is 2.58. The molecule has 8 heteroatoms. The summed E-state index contributed by atoms with van der Waals surface area (Å²) in [6, 6.07) is 10.3. The normalized spacial score (nSPS) is 11.0. The Morgan fingerprint density at radius 2 is 1.64 bits per heavy atom. The first-order valence-corrected chi connectivity index (χ1v) is 9.05. The average molecular weight is 361 g/mol. The predicted molar refractivity (Wildman–Crippen MR) is 95.9 cm³/mol. The molecule has 132 valence electrons. The number of amides is 2. The Balaban J connectivity index is 2.30. The number of nitrogens with one attached hydrogen (secondary N) is 2. The van der Waals surface area contributed by atoms with E-state index >= 15 is 0 Å². The molecule has 0 aliphatic carbocycles. The number of hydrogen-bond acceptors (Lipinski definition) is 4. The molecule has 2 amide bonds. The van der Waals surface area contributed by atoms with E-state index in [2.05, 4.69) is 10.0 Å². The number of sulfonamides is 1. The van der Waals surface area contributed by atoms with Crippen molar-refractivity contribution in [3.05, 3.63) is 53.6 Å². The molecule has 4 N–H and O–H groups in total. The maximum atomic E-state index is 12.5. The highest BCUT2D eigenvalue weighted by Crippen LogP contribution is 2.26. The lowest BCUT2D eigenvalue weighted by Crippen LogP contribution is -2.16. The van der Waals surface area contributed by atoms with E-state index in [1.54, 1.807) is 32.0 Å². The predicted octanol–water partition coefficient (Wildman–Crippen LogP) is 2.24. The molecule has 0 aromatic heterocycles. The monoisotopic (exact) mass is 361 g/mol. The van der Waals surface area contributed by atoms with E-state index < -0.39 is 15.9 Å². The first-order valence-electron chi connectivity index (χ1n) is 7.56. The molecule has 0 bridgehead atoms. The molecule has 2 aromatic rings. The molecule has 2 rings (SSSR count). The summed E-state index contributed by atoms with van der Waals surface area (Å²) in [7, 11) is -3.84. The molecule has 0 saturated heterocycles. The van der Waals surface area contributed by atoms with E-state index in [4.69, 9.17) is 5.73 Å². The van der Waals surface area contributed by atoms with Gasteiger partial charge in [-0.2, -0.15) is 0 Å². The molecule has 0 radical (unpaired) electrons. The van der Waals surface area contributed by atoms with Gasteiger partial charge >= 0.3 is 0 Å². The van der Waals surface area contributed by atoms with Crippen LogP contribution in [0, 0.1) is 6.92 Å². The number of nitrogens with two attached hydrogens (primary N) is 1. The minimum atomic E-state index is -3.84. The lowest BCUT2D eigenvalue weighted by atomic mass is 10.1. The fourth-order valence-electron chi connectivity index (χ4n) is 2.12. The van der Waals surface area contributed by atoms with Crippen molar-refractivity contribution in [1.82, 2.24) is 0 Å². The van der Waals surface area contributed by atoms with Crippen molar-refractivity contribution >= 4 is 33.2 Å². The summed E-state index contributed by atoms with van der Waals surface area (Å²) in [5.41, 5.74) is 6.86. The van der Waals surface area contributed by atoms with Crippen LogP contribution in [0.5, 0.6) is 0 Å². The third kappa shape index (κ3) is 4.36. The van der Waals surface area contributed by atoms with Crippen LogP contribution in [0.3, 0.4) is 0 Å². The summed E-state index contributed by atoms with van der Waals surface area (Å²) >= 11 is 0. The molecule has 0 unspecified atom stereocenters. The number of carbonyl (C=O) groups excluding carboxylic acids is 2. The number of hydrogen-bond donors (Lipinski definition) is 3. The van der Waals surface area contributed by atoms with E-state index in [0.29, 0.717) is 23.4 Å². The molecular weight excluding hydrogens is 342 g/mol. The van der Waals surface area contributed by atoms with Gasteiger partial charge in [0, 0.05) is 17.7 Å². The molecule has 0 atom stereocenters. The lowest BCUT2D eigenvalue weighted by molar-refractivity contribution is -0.115. The van der Waals surface area contributed by atoms with Crippen molar-refractivity contribution in [3.8, 4) is 0 Å². The summed E-state index contributed by atoms with van der Waals surface area (Å²) in [4.78, 5) is 22.6. The Hall–Kier alpha value is -2.87. The Labute approximate surface area is 146 Å². The number of anilines is 2. The number of carbonyl (C=O) groups is 2. The van der Waals surface area contributed by atoms with Crippen LogP contribution in [-0.4, -0.2) is 20.2 Å². The maximum absolute atomic E-state index is 12.5. The molecule has 0 spiro atoms. The van der Waals surface area contributed by atoms with Crippen LogP contribution in [0.1, 0.15) is 29.3 Å². The molecule has 0 aliphatic heterocycles. The number of rotatable bonds is 6. The van der Waals surface area contributed by atoms with Gasteiger partial charge in [-0.15, -0.1) is 0 Å². The Kier molecular flexibility index (Phi) is 5.43. The van der Waals surface area contributed by atoms with Crippen molar-refractivity contribution in [2.45, 2.75) is 25.2 Å². The Bertz CT molecular complexity index is 906. The topological polar surface area (TPSA) is 118 Å². The van der Waals surface area contributed by atoms with Gasteiger partial charge in [-0.25, -0.2) is 8.42 Å².